The summed E-state index contributed by atoms with van der Waals surface area (Å²) in [4.78, 5) is 15.0. The number of hydrogen-bond donors (Lipinski definition) is 1. The number of aromatic nitrogens is 2. The van der Waals surface area contributed by atoms with Crippen molar-refractivity contribution < 1.29 is 9.45 Å². The molecule has 0 aliphatic carbocycles. The number of likely N-dealkylation sites (N-methyl/N-ethyl adjacent to an activating group) is 1. The average Bonchev–Trinajstić information content (AvgIpc) is 2.86. The van der Waals surface area contributed by atoms with Crippen LogP contribution < -0.4 is 5.32 Å². The van der Waals surface area contributed by atoms with Crippen LogP contribution in [0.2, 0.25) is 0 Å². The van der Waals surface area contributed by atoms with Gasteiger partial charge in [-0.05, 0) is 27.0 Å². The molecular weight excluding hydrogens is 296 g/mol. The first-order valence-corrected chi connectivity index (χ1v) is 6.27. The van der Waals surface area contributed by atoms with Crippen LogP contribution in [0, 0.1) is 17.0 Å². The van der Waals surface area contributed by atoms with E-state index in [2.05, 4.69) is 15.5 Å². The Morgan fingerprint density at radius 3 is 2.81 bits per heavy atom. The lowest BCUT2D eigenvalue weighted by molar-refractivity contribution is -0.384. The molecule has 1 atom stereocenters. The van der Waals surface area contributed by atoms with Crippen molar-refractivity contribution in [1.82, 2.24) is 15.5 Å². The third-order valence-electron chi connectivity index (χ3n) is 3.10. The van der Waals surface area contributed by atoms with E-state index in [1.54, 1.807) is 25.1 Å². The van der Waals surface area contributed by atoms with Gasteiger partial charge in [-0.15, -0.1) is 12.4 Å². The summed E-state index contributed by atoms with van der Waals surface area (Å²) in [6.45, 7) is 3.67. The normalized spacial score (nSPS) is 11.8. The minimum atomic E-state index is -0.426. The second-order valence-corrected chi connectivity index (χ2v) is 4.64. The second-order valence-electron chi connectivity index (χ2n) is 4.64. The summed E-state index contributed by atoms with van der Waals surface area (Å²) >= 11 is 0. The molecule has 0 spiro atoms. The fraction of sp³-hybridized carbons (Fsp3) is 0.385. The van der Waals surface area contributed by atoms with E-state index in [0.29, 0.717) is 23.4 Å². The molecule has 0 radical (unpaired) electrons. The molecule has 0 amide bonds. The highest BCUT2D eigenvalue weighted by molar-refractivity contribution is 5.85. The molecule has 21 heavy (non-hydrogen) atoms. The monoisotopic (exact) mass is 312 g/mol. The number of nitro groups is 1. The van der Waals surface area contributed by atoms with Gasteiger partial charge >= 0.3 is 0 Å². The smallest absolute Gasteiger partial charge is 0.285 e. The molecule has 0 saturated heterocycles. The van der Waals surface area contributed by atoms with Crippen LogP contribution in [0.25, 0.3) is 11.5 Å². The lowest BCUT2D eigenvalue weighted by Crippen LogP contribution is -2.24. The highest BCUT2D eigenvalue weighted by Gasteiger charge is 2.22. The third-order valence-corrected chi connectivity index (χ3v) is 3.10. The van der Waals surface area contributed by atoms with E-state index in [9.17, 15) is 10.1 Å². The molecule has 2 rings (SSSR count). The van der Waals surface area contributed by atoms with Crippen molar-refractivity contribution in [2.75, 3.05) is 7.05 Å². The summed E-state index contributed by atoms with van der Waals surface area (Å²) in [7, 11) is 1.84. The summed E-state index contributed by atoms with van der Waals surface area (Å²) < 4.78 is 5.15. The van der Waals surface area contributed by atoms with Crippen LogP contribution in [-0.2, 0) is 6.42 Å². The van der Waals surface area contributed by atoms with Crippen molar-refractivity contribution in [1.29, 1.82) is 0 Å². The van der Waals surface area contributed by atoms with E-state index in [1.165, 1.54) is 0 Å². The second kappa shape index (κ2) is 7.14. The number of nitrogens with zero attached hydrogens (tertiary/aromatic N) is 3. The number of rotatable bonds is 5. The molecule has 0 aliphatic heterocycles. The van der Waals surface area contributed by atoms with Gasteiger partial charge in [0.1, 0.15) is 5.56 Å². The summed E-state index contributed by atoms with van der Waals surface area (Å²) in [5.41, 5.74) is 0.922. The molecule has 2 aromatic rings. The van der Waals surface area contributed by atoms with Crippen molar-refractivity contribution in [3.05, 3.63) is 39.7 Å². The SMILES string of the molecule is CNC(C)Cc1noc(-c2cccc(C)c2[N+](=O)[O-])n1.Cl. The van der Waals surface area contributed by atoms with Crippen LogP contribution in [0.1, 0.15) is 18.3 Å². The molecule has 0 bridgehead atoms. The van der Waals surface area contributed by atoms with Crippen molar-refractivity contribution in [3.63, 3.8) is 0 Å². The van der Waals surface area contributed by atoms with E-state index in [1.807, 2.05) is 14.0 Å². The number of nitrogens with one attached hydrogen (secondary N) is 1. The van der Waals surface area contributed by atoms with E-state index >= 15 is 0 Å². The van der Waals surface area contributed by atoms with Gasteiger partial charge in [-0.25, -0.2) is 0 Å². The molecule has 1 aromatic heterocycles. The lowest BCUT2D eigenvalue weighted by Gasteiger charge is -2.04. The van der Waals surface area contributed by atoms with Crippen LogP contribution in [0.15, 0.2) is 22.7 Å². The maximum Gasteiger partial charge on any atom is 0.285 e. The van der Waals surface area contributed by atoms with Gasteiger partial charge in [-0.3, -0.25) is 10.1 Å². The number of halogens is 1. The summed E-state index contributed by atoms with van der Waals surface area (Å²) in [6.07, 6.45) is 0.597. The minimum absolute atomic E-state index is 0. The Bertz CT molecular complexity index is 630. The Kier molecular flexibility index (Phi) is 5.80. The van der Waals surface area contributed by atoms with Gasteiger partial charge in [-0.1, -0.05) is 17.3 Å². The Labute approximate surface area is 128 Å². The Morgan fingerprint density at radius 1 is 1.48 bits per heavy atom. The van der Waals surface area contributed by atoms with Crippen molar-refractivity contribution in [3.8, 4) is 11.5 Å². The molecule has 114 valence electrons. The zero-order valence-electron chi connectivity index (χ0n) is 12.0. The molecule has 7 nitrogen and oxygen atoms in total. The van der Waals surface area contributed by atoms with E-state index in [0.717, 1.165) is 0 Å². The molecule has 1 N–H and O–H groups in total. The van der Waals surface area contributed by atoms with Crippen molar-refractivity contribution in [2.45, 2.75) is 26.3 Å². The number of benzene rings is 1. The fourth-order valence-corrected chi connectivity index (χ4v) is 1.90. The molecular formula is C13H17ClN4O3. The minimum Gasteiger partial charge on any atom is -0.334 e. The van der Waals surface area contributed by atoms with E-state index in [-0.39, 0.29) is 30.0 Å². The standard InChI is InChI=1S/C13H16N4O3.ClH/c1-8-5-4-6-10(12(8)17(18)19)13-15-11(16-20-13)7-9(2)14-3;/h4-6,9,14H,7H2,1-3H3;1H. The highest BCUT2D eigenvalue weighted by atomic mass is 35.5. The van der Waals surface area contributed by atoms with Gasteiger partial charge in [0.2, 0.25) is 0 Å². The molecule has 0 aliphatic rings. The van der Waals surface area contributed by atoms with Gasteiger partial charge in [0, 0.05) is 18.0 Å². The van der Waals surface area contributed by atoms with Crippen molar-refractivity contribution >= 4 is 18.1 Å². The molecule has 8 heteroatoms. The van der Waals surface area contributed by atoms with Gasteiger partial charge in [-0.2, -0.15) is 4.98 Å². The molecule has 1 heterocycles. The first-order valence-electron chi connectivity index (χ1n) is 6.27. The molecule has 1 aromatic carbocycles. The topological polar surface area (TPSA) is 94.1 Å². The van der Waals surface area contributed by atoms with Crippen LogP contribution in [-0.4, -0.2) is 28.2 Å². The van der Waals surface area contributed by atoms with Crippen LogP contribution in [0.5, 0.6) is 0 Å². The number of aryl methyl sites for hydroxylation is 1. The largest absolute Gasteiger partial charge is 0.334 e. The summed E-state index contributed by atoms with van der Waals surface area (Å²) in [5, 5.41) is 18.1. The van der Waals surface area contributed by atoms with Crippen LogP contribution in [0.3, 0.4) is 0 Å². The predicted molar refractivity (Wildman–Crippen MR) is 80.6 cm³/mol. The number of para-hydroxylation sites is 1. The van der Waals surface area contributed by atoms with E-state index < -0.39 is 4.92 Å². The zero-order chi connectivity index (χ0) is 14.7. The molecule has 0 fully saturated rings. The van der Waals surface area contributed by atoms with Gasteiger partial charge in [0.05, 0.1) is 4.92 Å². The van der Waals surface area contributed by atoms with E-state index in [4.69, 9.17) is 4.52 Å². The van der Waals surface area contributed by atoms with Crippen LogP contribution in [0.4, 0.5) is 5.69 Å². The highest BCUT2D eigenvalue weighted by Crippen LogP contribution is 2.31. The van der Waals surface area contributed by atoms with Crippen molar-refractivity contribution in [2.24, 2.45) is 0 Å². The third kappa shape index (κ3) is 3.77. The number of nitro benzene ring substituents is 1. The number of hydrogen-bond acceptors (Lipinski definition) is 6. The van der Waals surface area contributed by atoms with Crippen LogP contribution >= 0.6 is 12.4 Å². The molecule has 1 unspecified atom stereocenters. The van der Waals surface area contributed by atoms with Gasteiger partial charge in [0.15, 0.2) is 5.82 Å². The Hall–Kier alpha value is -1.99. The quantitative estimate of drug-likeness (QED) is 0.673. The first-order chi connectivity index (χ1) is 9.52. The van der Waals surface area contributed by atoms with Gasteiger partial charge < -0.3 is 9.84 Å². The Morgan fingerprint density at radius 2 is 2.19 bits per heavy atom. The summed E-state index contributed by atoms with van der Waals surface area (Å²) in [6, 6.07) is 5.23. The van der Waals surface area contributed by atoms with Gasteiger partial charge in [0.25, 0.3) is 11.6 Å². The molecule has 0 saturated carbocycles. The first kappa shape index (κ1) is 17.1. The average molecular weight is 313 g/mol. The maximum atomic E-state index is 11.2. The summed E-state index contributed by atoms with van der Waals surface area (Å²) in [5.74, 6) is 0.705. The lowest BCUT2D eigenvalue weighted by atomic mass is 10.1. The zero-order valence-corrected chi connectivity index (χ0v) is 12.8. The Balaban J connectivity index is 0.00000220. The fourth-order valence-electron chi connectivity index (χ4n) is 1.90. The maximum absolute atomic E-state index is 11.2. The predicted octanol–water partition coefficient (Wildman–Crippen LogP) is 2.53.